The van der Waals surface area contributed by atoms with E-state index in [1.165, 1.54) is 25.3 Å². The van der Waals surface area contributed by atoms with Gasteiger partial charge in [0, 0.05) is 36.1 Å². The number of imidazole rings is 2. The van der Waals surface area contributed by atoms with Crippen LogP contribution in [0, 0.1) is 41.4 Å². The lowest BCUT2D eigenvalue weighted by Crippen LogP contribution is -2.53. The van der Waals surface area contributed by atoms with E-state index in [-0.39, 0.29) is 47.7 Å². The summed E-state index contributed by atoms with van der Waals surface area (Å²) in [6.07, 6.45) is 11.5. The molecule has 4 N–H and O–H groups in total. The van der Waals surface area contributed by atoms with Crippen molar-refractivity contribution in [2.24, 2.45) is 17.8 Å². The highest BCUT2D eigenvalue weighted by atomic mass is 16.5. The smallest absolute Gasteiger partial charge is 0.407 e. The van der Waals surface area contributed by atoms with E-state index in [4.69, 9.17) is 19.4 Å². The number of H-pyrrole nitrogens is 2. The summed E-state index contributed by atoms with van der Waals surface area (Å²) in [5.41, 5.74) is 7.89. The third kappa shape index (κ3) is 10.4. The standard InChI is InChI=1S/C53H64N8O6/c1-31(2)46(58-52(64)66-6)50(62)60-24-10-13-44(60)48-54-29-41(56-48)22-20-38-26-34-14-16-35-18-19-36(33(5)25-37(38)17-15-34)27-39(35)21-23-42-30-55-49(57-42)45-28-40-11-8-9-12-43(40)61(45)51(63)47(32(3)4)59-53(65)67-7/h15,17-19,26-27,29-33,40,43-47H,8-14,16,24-25,28H2,1-7H3,(H,54,56)(H,55,57)(H,58,64)(H,59,65)/t33-,40+,43+,44+,45+,46+,47+/m1/s1. The second kappa shape index (κ2) is 20.5. The number of hydrogen-bond donors (Lipinski definition) is 4. The molecule has 14 nitrogen and oxygen atoms in total. The quantitative estimate of drug-likeness (QED) is 0.131. The normalized spacial score (nSPS) is 21.8. The van der Waals surface area contributed by atoms with E-state index in [9.17, 15) is 19.2 Å². The third-order valence-corrected chi connectivity index (χ3v) is 14.2. The summed E-state index contributed by atoms with van der Waals surface area (Å²) in [6.45, 7) is 10.5. The number of fused-ring (bicyclic) bond motifs is 1. The molecular formula is C53H64N8O6. The van der Waals surface area contributed by atoms with Gasteiger partial charge in [0.1, 0.15) is 35.1 Å². The number of carbonyl (C=O) groups is 4. The van der Waals surface area contributed by atoms with E-state index in [1.54, 1.807) is 11.1 Å². The maximum Gasteiger partial charge on any atom is 0.407 e. The Labute approximate surface area is 394 Å². The fraction of sp³-hybridized carbons (Fsp3) is 0.509. The van der Waals surface area contributed by atoms with Gasteiger partial charge in [-0.1, -0.05) is 83.6 Å². The first-order valence-corrected chi connectivity index (χ1v) is 24.0. The molecule has 1 saturated carbocycles. The molecule has 5 aliphatic carbocycles. The fourth-order valence-corrected chi connectivity index (χ4v) is 10.5. The average molecular weight is 909 g/mol. The second-order valence-electron chi connectivity index (χ2n) is 19.4. The Kier molecular flexibility index (Phi) is 14.4. The van der Waals surface area contributed by atoms with E-state index in [0.717, 1.165) is 92.3 Å². The third-order valence-electron chi connectivity index (χ3n) is 14.2. The number of aryl methyl sites for hydroxylation is 2. The zero-order chi connectivity index (χ0) is 47.4. The van der Waals surface area contributed by atoms with Crippen molar-refractivity contribution in [2.45, 2.75) is 135 Å². The fourth-order valence-electron chi connectivity index (χ4n) is 10.5. The Morgan fingerprint density at radius 1 is 0.716 bits per heavy atom. The van der Waals surface area contributed by atoms with Crippen molar-refractivity contribution in [3.8, 4) is 23.7 Å². The molecule has 352 valence electrons. The first-order valence-electron chi connectivity index (χ1n) is 24.0. The summed E-state index contributed by atoms with van der Waals surface area (Å²) in [6, 6.07) is 11.5. The van der Waals surface area contributed by atoms with Crippen molar-refractivity contribution in [2.75, 3.05) is 20.8 Å². The van der Waals surface area contributed by atoms with Gasteiger partial charge in [-0.15, -0.1) is 0 Å². The Hall–Kier alpha value is -6.54. The molecule has 67 heavy (non-hydrogen) atoms. The van der Waals surface area contributed by atoms with Crippen LogP contribution >= 0.6 is 0 Å². The van der Waals surface area contributed by atoms with Crippen molar-refractivity contribution in [1.29, 1.82) is 0 Å². The predicted molar refractivity (Wildman–Crippen MR) is 254 cm³/mol. The number of alkyl carbamates (subject to hydrolysis) is 2. The van der Waals surface area contributed by atoms with Gasteiger partial charge < -0.3 is 39.9 Å². The highest BCUT2D eigenvalue weighted by molar-refractivity contribution is 5.87. The highest BCUT2D eigenvalue weighted by Crippen LogP contribution is 2.46. The van der Waals surface area contributed by atoms with Crippen LogP contribution in [-0.4, -0.2) is 92.6 Å². The van der Waals surface area contributed by atoms with E-state index in [1.807, 2.05) is 38.8 Å². The number of benzene rings is 2. The lowest BCUT2D eigenvalue weighted by atomic mass is 9.84. The number of likely N-dealkylation sites (tertiary alicyclic amines) is 2. The van der Waals surface area contributed by atoms with Crippen LogP contribution in [0.3, 0.4) is 0 Å². The van der Waals surface area contributed by atoms with E-state index >= 15 is 0 Å². The van der Waals surface area contributed by atoms with Crippen LogP contribution in [0.1, 0.15) is 154 Å². The van der Waals surface area contributed by atoms with Crippen LogP contribution in [0.5, 0.6) is 0 Å². The Morgan fingerprint density at radius 2 is 1.33 bits per heavy atom. The van der Waals surface area contributed by atoms with Gasteiger partial charge in [-0.3, -0.25) is 9.59 Å². The molecule has 11 rings (SSSR count). The number of ether oxygens (including phenoxy) is 2. The molecule has 0 spiro atoms. The average Bonchev–Trinajstić information content (AvgIpc) is 4.16. The van der Waals surface area contributed by atoms with Gasteiger partial charge in [-0.25, -0.2) is 19.6 Å². The van der Waals surface area contributed by atoms with Gasteiger partial charge >= 0.3 is 12.2 Å². The molecule has 4 heterocycles. The van der Waals surface area contributed by atoms with Crippen LogP contribution in [0.2, 0.25) is 0 Å². The highest BCUT2D eigenvalue weighted by Gasteiger charge is 2.48. The number of hydrogen-bond acceptors (Lipinski definition) is 8. The summed E-state index contributed by atoms with van der Waals surface area (Å²) in [5.74, 6) is 15.1. The molecule has 2 saturated heterocycles. The maximum atomic E-state index is 14.3. The molecule has 3 fully saturated rings. The number of methoxy groups -OCH3 is 2. The predicted octanol–water partition coefficient (Wildman–Crippen LogP) is 7.63. The van der Waals surface area contributed by atoms with Crippen LogP contribution < -0.4 is 10.6 Å². The molecule has 4 amide bonds. The lowest BCUT2D eigenvalue weighted by molar-refractivity contribution is -0.138. The van der Waals surface area contributed by atoms with Crippen LogP contribution in [-0.2, 0) is 38.3 Å². The molecule has 2 aliphatic heterocycles. The number of nitrogens with zero attached hydrogens (tertiary/aromatic N) is 4. The van der Waals surface area contributed by atoms with E-state index in [0.29, 0.717) is 29.7 Å². The SMILES string of the molecule is COC(=O)N[C@H](C(=O)N1CCC[C@H]1c1nc(C#Cc2cc3ccc2C[C@@H](C)c2ccc(c(C#Cc4c[nH]c([C@@H]5C[C@@H]6CCCC[C@@H]6N5C(=O)[C@@H](NC(=O)OC)C(C)C)n4)c2)CC3)c[nH]1)C(C)C. The van der Waals surface area contributed by atoms with Gasteiger partial charge in [0.25, 0.3) is 0 Å². The number of aromatic amines is 2. The van der Waals surface area contributed by atoms with Crippen molar-refractivity contribution in [3.05, 3.63) is 105 Å². The summed E-state index contributed by atoms with van der Waals surface area (Å²) in [4.78, 5) is 72.6. The Morgan fingerprint density at radius 3 is 1.99 bits per heavy atom. The van der Waals surface area contributed by atoms with Gasteiger partial charge in [0.15, 0.2) is 0 Å². The van der Waals surface area contributed by atoms with Gasteiger partial charge in [0.05, 0.1) is 26.3 Å². The van der Waals surface area contributed by atoms with Crippen molar-refractivity contribution >= 4 is 24.0 Å². The summed E-state index contributed by atoms with van der Waals surface area (Å²) < 4.78 is 9.67. The monoisotopic (exact) mass is 908 g/mol. The lowest BCUT2D eigenvalue weighted by Gasteiger charge is -2.36. The molecule has 4 aromatic rings. The molecular weight excluding hydrogens is 845 g/mol. The second-order valence-corrected chi connectivity index (χ2v) is 19.4. The van der Waals surface area contributed by atoms with Crippen LogP contribution in [0.25, 0.3) is 0 Å². The van der Waals surface area contributed by atoms with Crippen LogP contribution in [0.15, 0.2) is 48.8 Å². The number of carbonyl (C=O) groups excluding carboxylic acids is 4. The first kappa shape index (κ1) is 47.0. The van der Waals surface area contributed by atoms with E-state index < -0.39 is 24.3 Å². The minimum Gasteiger partial charge on any atom is -0.453 e. The van der Waals surface area contributed by atoms with Crippen molar-refractivity contribution in [1.82, 2.24) is 40.4 Å². The van der Waals surface area contributed by atoms with Gasteiger partial charge in [0.2, 0.25) is 11.8 Å². The Balaban J connectivity index is 0.983. The number of nitrogens with one attached hydrogen (secondary N) is 4. The summed E-state index contributed by atoms with van der Waals surface area (Å²) in [7, 11) is 2.61. The molecule has 0 radical (unpaired) electrons. The topological polar surface area (TPSA) is 175 Å². The van der Waals surface area contributed by atoms with Crippen molar-refractivity contribution < 1.29 is 28.7 Å². The summed E-state index contributed by atoms with van der Waals surface area (Å²) in [5, 5.41) is 5.51. The molecule has 2 aromatic heterocycles. The molecule has 14 heteroatoms. The van der Waals surface area contributed by atoms with Crippen LogP contribution in [0.4, 0.5) is 9.59 Å². The minimum atomic E-state index is -0.704. The number of rotatable bonds is 8. The van der Waals surface area contributed by atoms with Crippen molar-refractivity contribution in [3.63, 3.8) is 0 Å². The number of amides is 4. The zero-order valence-corrected chi connectivity index (χ0v) is 39.8. The number of aromatic nitrogens is 4. The minimum absolute atomic E-state index is 0.0940. The molecule has 0 unspecified atom stereocenters. The zero-order valence-electron chi connectivity index (χ0n) is 39.8. The van der Waals surface area contributed by atoms with Gasteiger partial charge in [-0.05, 0) is 121 Å². The first-order chi connectivity index (χ1) is 32.3. The maximum absolute atomic E-state index is 14.3. The summed E-state index contributed by atoms with van der Waals surface area (Å²) >= 11 is 0. The van der Waals surface area contributed by atoms with Gasteiger partial charge in [-0.2, -0.15) is 0 Å². The molecule has 2 aromatic carbocycles. The Bertz CT molecular complexity index is 2610. The molecule has 7 aliphatic rings. The molecule has 4 bridgehead atoms. The largest absolute Gasteiger partial charge is 0.453 e. The van der Waals surface area contributed by atoms with E-state index in [2.05, 4.69) is 87.6 Å². The molecule has 7 atom stereocenters.